The first-order chi connectivity index (χ1) is 13.8. The molecule has 1 aromatic heterocycles. The Bertz CT molecular complexity index is 1080. The zero-order valence-electron chi connectivity index (χ0n) is 16.1. The SMILES string of the molecule is CCOC(=O)Cn1c(C)c(C)c(S(=O)(=O)c2ccc(Cl)cc2)c1NC(=O)C(F)(F)F. The molecule has 1 amide bonds. The van der Waals surface area contributed by atoms with Gasteiger partial charge in [-0.1, -0.05) is 11.6 Å². The normalized spacial score (nSPS) is 12.0. The molecule has 0 spiro atoms. The molecular weight excluding hydrogens is 449 g/mol. The van der Waals surface area contributed by atoms with Gasteiger partial charge in [0.15, 0.2) is 0 Å². The van der Waals surface area contributed by atoms with E-state index < -0.39 is 45.1 Å². The lowest BCUT2D eigenvalue weighted by Gasteiger charge is -2.15. The lowest BCUT2D eigenvalue weighted by atomic mass is 10.3. The summed E-state index contributed by atoms with van der Waals surface area (Å²) < 4.78 is 70.8. The summed E-state index contributed by atoms with van der Waals surface area (Å²) in [6, 6.07) is 4.98. The van der Waals surface area contributed by atoms with E-state index in [1.54, 1.807) is 5.32 Å². The monoisotopic (exact) mass is 466 g/mol. The number of esters is 1. The highest BCUT2D eigenvalue weighted by atomic mass is 35.5. The van der Waals surface area contributed by atoms with E-state index in [1.165, 1.54) is 45.0 Å². The number of rotatable bonds is 6. The van der Waals surface area contributed by atoms with Crippen LogP contribution in [0.1, 0.15) is 18.2 Å². The molecule has 0 fully saturated rings. The molecule has 1 heterocycles. The second kappa shape index (κ2) is 8.68. The molecule has 0 aliphatic rings. The Kier molecular flexibility index (Phi) is 6.87. The molecule has 0 bridgehead atoms. The fourth-order valence-corrected chi connectivity index (χ4v) is 4.55. The molecule has 0 aliphatic heterocycles. The molecule has 0 atom stereocenters. The second-order valence-corrected chi connectivity index (χ2v) is 8.51. The minimum atomic E-state index is -5.28. The van der Waals surface area contributed by atoms with Crippen LogP contribution in [0.2, 0.25) is 5.02 Å². The number of nitrogens with one attached hydrogen (secondary N) is 1. The Balaban J connectivity index is 2.73. The molecule has 30 heavy (non-hydrogen) atoms. The summed E-state index contributed by atoms with van der Waals surface area (Å²) in [5, 5.41) is 1.86. The lowest BCUT2D eigenvalue weighted by Crippen LogP contribution is -2.32. The first-order valence-corrected chi connectivity index (χ1v) is 10.4. The Morgan fingerprint density at radius 3 is 2.23 bits per heavy atom. The molecule has 0 radical (unpaired) electrons. The number of amides is 1. The van der Waals surface area contributed by atoms with Crippen molar-refractivity contribution in [1.82, 2.24) is 4.57 Å². The van der Waals surface area contributed by atoms with E-state index in [2.05, 4.69) is 0 Å². The summed E-state index contributed by atoms with van der Waals surface area (Å²) in [6.07, 6.45) is -5.28. The van der Waals surface area contributed by atoms with E-state index in [9.17, 15) is 31.2 Å². The summed E-state index contributed by atoms with van der Waals surface area (Å²) in [5.41, 5.74) is 0.250. The molecule has 2 aromatic rings. The number of benzene rings is 1. The van der Waals surface area contributed by atoms with Crippen molar-refractivity contribution < 1.29 is 35.9 Å². The molecule has 7 nitrogen and oxygen atoms in total. The Labute approximate surface area is 175 Å². The van der Waals surface area contributed by atoms with E-state index in [1.807, 2.05) is 0 Å². The number of carbonyl (C=O) groups excluding carboxylic acids is 2. The number of aromatic nitrogens is 1. The number of anilines is 1. The first-order valence-electron chi connectivity index (χ1n) is 8.54. The third-order valence-corrected chi connectivity index (χ3v) is 6.43. The minimum absolute atomic E-state index is 0.0122. The molecule has 2 rings (SSSR count). The predicted molar refractivity (Wildman–Crippen MR) is 102 cm³/mol. The van der Waals surface area contributed by atoms with Crippen molar-refractivity contribution in [1.29, 1.82) is 0 Å². The molecule has 1 N–H and O–H groups in total. The maximum absolute atomic E-state index is 13.2. The summed E-state index contributed by atoms with van der Waals surface area (Å²) in [5.74, 6) is -3.86. The van der Waals surface area contributed by atoms with Gasteiger partial charge in [0.1, 0.15) is 17.3 Å². The average Bonchev–Trinajstić information content (AvgIpc) is 2.86. The fraction of sp³-hybridized carbons (Fsp3) is 0.333. The molecule has 0 aliphatic carbocycles. The van der Waals surface area contributed by atoms with Gasteiger partial charge in [-0.25, -0.2) is 8.42 Å². The number of carbonyl (C=O) groups is 2. The highest BCUT2D eigenvalue weighted by molar-refractivity contribution is 7.91. The van der Waals surface area contributed by atoms with Gasteiger partial charge in [-0.3, -0.25) is 9.59 Å². The zero-order chi connectivity index (χ0) is 22.9. The molecule has 164 valence electrons. The molecule has 0 saturated heterocycles. The van der Waals surface area contributed by atoms with Crippen LogP contribution in [0.25, 0.3) is 0 Å². The summed E-state index contributed by atoms with van der Waals surface area (Å²) in [4.78, 5) is 22.7. The van der Waals surface area contributed by atoms with E-state index in [0.717, 1.165) is 4.57 Å². The predicted octanol–water partition coefficient (Wildman–Crippen LogP) is 3.66. The number of sulfone groups is 1. The highest BCUT2D eigenvalue weighted by Gasteiger charge is 2.41. The molecule has 12 heteroatoms. The fourth-order valence-electron chi connectivity index (χ4n) is 2.73. The number of ether oxygens (including phenoxy) is 1. The van der Waals surface area contributed by atoms with Crippen molar-refractivity contribution >= 4 is 39.1 Å². The van der Waals surface area contributed by atoms with Gasteiger partial charge in [0.25, 0.3) is 0 Å². The van der Waals surface area contributed by atoms with Gasteiger partial charge in [-0.2, -0.15) is 13.2 Å². The van der Waals surface area contributed by atoms with Crippen LogP contribution in [0.15, 0.2) is 34.1 Å². The average molecular weight is 467 g/mol. The van der Waals surface area contributed by atoms with E-state index in [0.29, 0.717) is 0 Å². The largest absolute Gasteiger partial charge is 0.471 e. The number of halogens is 4. The number of hydrogen-bond acceptors (Lipinski definition) is 5. The van der Waals surface area contributed by atoms with Gasteiger partial charge in [0.2, 0.25) is 9.84 Å². The van der Waals surface area contributed by atoms with Gasteiger partial charge >= 0.3 is 18.1 Å². The van der Waals surface area contributed by atoms with Crippen LogP contribution in [0.3, 0.4) is 0 Å². The van der Waals surface area contributed by atoms with Gasteiger partial charge in [-0.05, 0) is 50.6 Å². The topological polar surface area (TPSA) is 94.5 Å². The first kappa shape index (κ1) is 23.7. The van der Waals surface area contributed by atoms with Crippen molar-refractivity contribution in [3.05, 3.63) is 40.5 Å². The minimum Gasteiger partial charge on any atom is -0.465 e. The Morgan fingerprint density at radius 2 is 1.73 bits per heavy atom. The third kappa shape index (κ3) is 4.78. The highest BCUT2D eigenvalue weighted by Crippen LogP contribution is 2.36. The molecular formula is C18H18ClF3N2O5S. The van der Waals surface area contributed by atoms with Crippen LogP contribution in [-0.4, -0.2) is 37.6 Å². The number of nitrogens with zero attached hydrogens (tertiary/aromatic N) is 1. The van der Waals surface area contributed by atoms with Crippen molar-refractivity contribution in [2.45, 2.75) is 43.3 Å². The van der Waals surface area contributed by atoms with E-state index in [4.69, 9.17) is 16.3 Å². The van der Waals surface area contributed by atoms with Gasteiger partial charge in [0, 0.05) is 10.7 Å². The molecule has 0 unspecified atom stereocenters. The summed E-state index contributed by atoms with van der Waals surface area (Å²) in [7, 11) is -4.37. The number of alkyl halides is 3. The smallest absolute Gasteiger partial charge is 0.465 e. The summed E-state index contributed by atoms with van der Waals surface area (Å²) in [6.45, 7) is 3.73. The van der Waals surface area contributed by atoms with Crippen molar-refractivity contribution in [2.24, 2.45) is 0 Å². The zero-order valence-corrected chi connectivity index (χ0v) is 17.7. The van der Waals surface area contributed by atoms with Crippen LogP contribution in [0, 0.1) is 13.8 Å². The quantitative estimate of drug-likeness (QED) is 0.656. The van der Waals surface area contributed by atoms with Gasteiger partial charge in [-0.15, -0.1) is 0 Å². The second-order valence-electron chi connectivity index (χ2n) is 6.19. The van der Waals surface area contributed by atoms with E-state index in [-0.39, 0.29) is 27.8 Å². The van der Waals surface area contributed by atoms with Crippen molar-refractivity contribution in [3.63, 3.8) is 0 Å². The molecule has 1 aromatic carbocycles. The third-order valence-electron chi connectivity index (χ3n) is 4.25. The maximum atomic E-state index is 13.2. The molecule has 0 saturated carbocycles. The van der Waals surface area contributed by atoms with Crippen molar-refractivity contribution in [2.75, 3.05) is 11.9 Å². The summed E-state index contributed by atoms with van der Waals surface area (Å²) >= 11 is 5.77. The maximum Gasteiger partial charge on any atom is 0.471 e. The lowest BCUT2D eigenvalue weighted by molar-refractivity contribution is -0.167. The van der Waals surface area contributed by atoms with Crippen molar-refractivity contribution in [3.8, 4) is 0 Å². The van der Waals surface area contributed by atoms with Crippen LogP contribution in [-0.2, 0) is 30.7 Å². The van der Waals surface area contributed by atoms with Crippen LogP contribution < -0.4 is 5.32 Å². The Morgan fingerprint density at radius 1 is 1.17 bits per heavy atom. The Hall–Kier alpha value is -2.53. The standard InChI is InChI=1S/C18H18ClF3N2O5S/c1-4-29-14(25)9-24-11(3)10(2)15(16(24)23-17(26)18(20,21)22)30(27,28)13-7-5-12(19)6-8-13/h5-8H,4,9H2,1-3H3,(H,23,26). The van der Waals surface area contributed by atoms with E-state index >= 15 is 0 Å². The number of hydrogen-bond donors (Lipinski definition) is 1. The van der Waals surface area contributed by atoms with Gasteiger partial charge in [0.05, 0.1) is 11.5 Å². The van der Waals surface area contributed by atoms with Crippen LogP contribution in [0.5, 0.6) is 0 Å². The van der Waals surface area contributed by atoms with Crippen LogP contribution >= 0.6 is 11.6 Å². The van der Waals surface area contributed by atoms with Gasteiger partial charge < -0.3 is 14.6 Å². The van der Waals surface area contributed by atoms with Crippen LogP contribution in [0.4, 0.5) is 19.0 Å².